The second-order valence-corrected chi connectivity index (χ2v) is 7.59. The predicted octanol–water partition coefficient (Wildman–Crippen LogP) is 3.71. The van der Waals surface area contributed by atoms with Gasteiger partial charge in [-0.25, -0.2) is 0 Å². The van der Waals surface area contributed by atoms with Gasteiger partial charge in [0.05, 0.1) is 10.9 Å². The number of tetrazole rings is 1. The number of amides is 1. The topological polar surface area (TPSA) is 72.7 Å². The summed E-state index contributed by atoms with van der Waals surface area (Å²) >= 11 is 1.33. The van der Waals surface area contributed by atoms with E-state index in [2.05, 4.69) is 20.8 Å². The van der Waals surface area contributed by atoms with Crippen molar-refractivity contribution in [1.29, 1.82) is 0 Å². The van der Waals surface area contributed by atoms with Crippen LogP contribution in [0.25, 0.3) is 5.69 Å². The van der Waals surface area contributed by atoms with Gasteiger partial charge in [-0.1, -0.05) is 41.6 Å². The third-order valence-electron chi connectivity index (χ3n) is 3.98. The molecule has 1 amide bonds. The zero-order valence-electron chi connectivity index (χ0n) is 15.2. The van der Waals surface area contributed by atoms with Crippen molar-refractivity contribution in [3.8, 4) is 5.69 Å². The molecule has 26 heavy (non-hydrogen) atoms. The summed E-state index contributed by atoms with van der Waals surface area (Å²) in [6.07, 6.45) is 0. The second kappa shape index (κ2) is 7.70. The number of carbonyl (C=O) groups is 1. The fourth-order valence-corrected chi connectivity index (χ4v) is 3.38. The fourth-order valence-electron chi connectivity index (χ4n) is 2.57. The molecule has 0 aliphatic carbocycles. The number of aryl methyl sites for hydroxylation is 3. The Balaban J connectivity index is 1.73. The summed E-state index contributed by atoms with van der Waals surface area (Å²) in [6.45, 7) is 7.88. The molecule has 1 unspecified atom stereocenters. The molecule has 3 rings (SSSR count). The molecule has 0 aliphatic heterocycles. The first-order valence-electron chi connectivity index (χ1n) is 8.34. The fraction of sp³-hybridized carbons (Fsp3) is 0.263. The van der Waals surface area contributed by atoms with Crippen LogP contribution >= 0.6 is 11.8 Å². The number of rotatable bonds is 5. The van der Waals surface area contributed by atoms with Gasteiger partial charge in [0.2, 0.25) is 11.1 Å². The van der Waals surface area contributed by atoms with Crippen molar-refractivity contribution in [3.05, 3.63) is 59.2 Å². The molecule has 2 aromatic carbocycles. The van der Waals surface area contributed by atoms with Crippen LogP contribution in [0.4, 0.5) is 5.69 Å². The van der Waals surface area contributed by atoms with Gasteiger partial charge in [-0.15, -0.1) is 5.10 Å². The second-order valence-electron chi connectivity index (χ2n) is 6.28. The van der Waals surface area contributed by atoms with Gasteiger partial charge in [0.15, 0.2) is 0 Å². The third kappa shape index (κ3) is 4.11. The number of aromatic nitrogens is 4. The van der Waals surface area contributed by atoms with Crippen molar-refractivity contribution >= 4 is 23.4 Å². The van der Waals surface area contributed by atoms with Crippen LogP contribution in [-0.2, 0) is 4.79 Å². The molecule has 0 saturated carbocycles. The van der Waals surface area contributed by atoms with Crippen LogP contribution < -0.4 is 5.32 Å². The van der Waals surface area contributed by atoms with E-state index in [0.717, 1.165) is 22.5 Å². The molecule has 7 heteroatoms. The lowest BCUT2D eigenvalue weighted by Crippen LogP contribution is -2.23. The van der Waals surface area contributed by atoms with Gasteiger partial charge >= 0.3 is 0 Å². The average Bonchev–Trinajstić information content (AvgIpc) is 3.05. The van der Waals surface area contributed by atoms with E-state index in [1.54, 1.807) is 4.68 Å². The number of hydrogen-bond acceptors (Lipinski definition) is 5. The van der Waals surface area contributed by atoms with Gasteiger partial charge in [0, 0.05) is 5.69 Å². The van der Waals surface area contributed by atoms with Gasteiger partial charge in [-0.3, -0.25) is 4.79 Å². The molecule has 0 aliphatic rings. The first kappa shape index (κ1) is 18.1. The van der Waals surface area contributed by atoms with E-state index in [9.17, 15) is 4.79 Å². The Morgan fingerprint density at radius 3 is 2.62 bits per heavy atom. The van der Waals surface area contributed by atoms with Crippen molar-refractivity contribution in [2.45, 2.75) is 38.1 Å². The summed E-state index contributed by atoms with van der Waals surface area (Å²) in [4.78, 5) is 12.6. The molecule has 0 fully saturated rings. The highest BCUT2D eigenvalue weighted by atomic mass is 32.2. The lowest BCUT2D eigenvalue weighted by atomic mass is 10.1. The SMILES string of the molecule is Cc1cccc(-n2nnnc2SC(C)C(=O)Nc2ccc(C)cc2C)c1. The highest BCUT2D eigenvalue weighted by molar-refractivity contribution is 8.00. The van der Waals surface area contributed by atoms with E-state index in [1.165, 1.54) is 17.3 Å². The van der Waals surface area contributed by atoms with E-state index in [-0.39, 0.29) is 11.2 Å². The minimum atomic E-state index is -0.342. The molecule has 0 spiro atoms. The lowest BCUT2D eigenvalue weighted by molar-refractivity contribution is -0.115. The molecule has 134 valence electrons. The molecule has 1 N–H and O–H groups in total. The lowest BCUT2D eigenvalue weighted by Gasteiger charge is -2.13. The maximum absolute atomic E-state index is 12.6. The van der Waals surface area contributed by atoms with Crippen LogP contribution in [0.1, 0.15) is 23.6 Å². The van der Waals surface area contributed by atoms with Crippen LogP contribution in [0.3, 0.4) is 0 Å². The average molecular weight is 367 g/mol. The Morgan fingerprint density at radius 2 is 1.88 bits per heavy atom. The zero-order chi connectivity index (χ0) is 18.7. The van der Waals surface area contributed by atoms with E-state index in [4.69, 9.17) is 0 Å². The number of anilines is 1. The molecule has 6 nitrogen and oxygen atoms in total. The molecular formula is C19H21N5OS. The molecule has 3 aromatic rings. The Kier molecular flexibility index (Phi) is 5.37. The van der Waals surface area contributed by atoms with Crippen molar-refractivity contribution in [2.24, 2.45) is 0 Å². The van der Waals surface area contributed by atoms with Crippen molar-refractivity contribution in [3.63, 3.8) is 0 Å². The van der Waals surface area contributed by atoms with Crippen molar-refractivity contribution in [1.82, 2.24) is 20.2 Å². The number of benzene rings is 2. The van der Waals surface area contributed by atoms with Crippen LogP contribution in [0.2, 0.25) is 0 Å². The maximum Gasteiger partial charge on any atom is 0.237 e. The predicted molar refractivity (Wildman–Crippen MR) is 104 cm³/mol. The summed E-state index contributed by atoms with van der Waals surface area (Å²) in [5, 5.41) is 15.1. The summed E-state index contributed by atoms with van der Waals surface area (Å²) in [5.74, 6) is -0.0826. The zero-order valence-corrected chi connectivity index (χ0v) is 16.0. The number of nitrogens with zero attached hydrogens (tertiary/aromatic N) is 4. The van der Waals surface area contributed by atoms with Gasteiger partial charge in [0.25, 0.3) is 0 Å². The van der Waals surface area contributed by atoms with E-state index in [1.807, 2.05) is 70.2 Å². The smallest absolute Gasteiger partial charge is 0.237 e. The van der Waals surface area contributed by atoms with Gasteiger partial charge in [-0.2, -0.15) is 4.68 Å². The third-order valence-corrected chi connectivity index (χ3v) is 5.01. The minimum Gasteiger partial charge on any atom is -0.325 e. The molecule has 0 saturated heterocycles. The Hall–Kier alpha value is -2.67. The molecule has 1 atom stereocenters. The molecular weight excluding hydrogens is 346 g/mol. The number of nitrogens with one attached hydrogen (secondary N) is 1. The van der Waals surface area contributed by atoms with Gasteiger partial charge < -0.3 is 5.32 Å². The minimum absolute atomic E-state index is 0.0826. The van der Waals surface area contributed by atoms with Crippen LogP contribution in [0, 0.1) is 20.8 Å². The monoisotopic (exact) mass is 367 g/mol. The van der Waals surface area contributed by atoms with Crippen molar-refractivity contribution < 1.29 is 4.79 Å². The van der Waals surface area contributed by atoms with Crippen LogP contribution in [0.5, 0.6) is 0 Å². The van der Waals surface area contributed by atoms with E-state index in [0.29, 0.717) is 5.16 Å². The van der Waals surface area contributed by atoms with Gasteiger partial charge in [-0.05, 0) is 67.4 Å². The summed E-state index contributed by atoms with van der Waals surface area (Å²) < 4.78 is 1.65. The van der Waals surface area contributed by atoms with Crippen LogP contribution in [0.15, 0.2) is 47.6 Å². The maximum atomic E-state index is 12.6. The molecule has 0 radical (unpaired) electrons. The quantitative estimate of drug-likeness (QED) is 0.696. The molecule has 1 aromatic heterocycles. The largest absolute Gasteiger partial charge is 0.325 e. The first-order valence-corrected chi connectivity index (χ1v) is 9.22. The van der Waals surface area contributed by atoms with Crippen LogP contribution in [-0.4, -0.2) is 31.4 Å². The Bertz CT molecular complexity index is 937. The van der Waals surface area contributed by atoms with Gasteiger partial charge in [0.1, 0.15) is 0 Å². The molecule has 1 heterocycles. The highest BCUT2D eigenvalue weighted by Gasteiger charge is 2.20. The number of thioether (sulfide) groups is 1. The van der Waals surface area contributed by atoms with E-state index >= 15 is 0 Å². The summed E-state index contributed by atoms with van der Waals surface area (Å²) in [7, 11) is 0. The summed E-state index contributed by atoms with van der Waals surface area (Å²) in [5.41, 5.74) is 5.03. The normalized spacial score (nSPS) is 12.0. The van der Waals surface area contributed by atoms with E-state index < -0.39 is 0 Å². The molecule has 0 bridgehead atoms. The first-order chi connectivity index (χ1) is 12.4. The summed E-state index contributed by atoms with van der Waals surface area (Å²) in [6, 6.07) is 13.9. The highest BCUT2D eigenvalue weighted by Crippen LogP contribution is 2.25. The standard InChI is InChI=1S/C19H21N5OS/c1-12-6-5-7-16(11-12)24-19(21-22-23-24)26-15(4)18(25)20-17-9-8-13(2)10-14(17)3/h5-11,15H,1-4H3,(H,20,25). The Morgan fingerprint density at radius 1 is 1.12 bits per heavy atom. The Labute approximate surface area is 157 Å². The van der Waals surface area contributed by atoms with Crippen molar-refractivity contribution in [2.75, 3.05) is 5.32 Å². The number of hydrogen-bond donors (Lipinski definition) is 1. The number of carbonyl (C=O) groups excluding carboxylic acids is 1.